The second-order valence-electron chi connectivity index (χ2n) is 8.96. The molecule has 5 rings (SSSR count). The minimum atomic E-state index is -0.222. The van der Waals surface area contributed by atoms with E-state index in [0.717, 1.165) is 85.6 Å². The second-order valence-corrected chi connectivity index (χ2v) is 9.99. The molecule has 0 aliphatic rings. The van der Waals surface area contributed by atoms with Gasteiger partial charge in [-0.3, -0.25) is 10.1 Å². The first-order valence-electron chi connectivity index (χ1n) is 12.5. The maximum Gasteiger partial charge on any atom is 0.176 e. The molecular formula is C30H29FN6S. The fraction of sp³-hybridized carbons (Fsp3) is 0.167. The molecule has 4 heterocycles. The van der Waals surface area contributed by atoms with Crippen LogP contribution in [-0.2, 0) is 0 Å². The number of rotatable bonds is 10. The number of allylic oxidation sites excluding steroid dienone is 5. The molecule has 6 nitrogen and oxygen atoms in total. The van der Waals surface area contributed by atoms with Gasteiger partial charge in [-0.1, -0.05) is 44.7 Å². The lowest BCUT2D eigenvalue weighted by Gasteiger charge is -2.11. The van der Waals surface area contributed by atoms with Gasteiger partial charge in [0.15, 0.2) is 11.0 Å². The Kier molecular flexibility index (Phi) is 7.33. The first-order valence-corrected chi connectivity index (χ1v) is 13.4. The van der Waals surface area contributed by atoms with Crippen LogP contribution in [0.2, 0.25) is 0 Å². The summed E-state index contributed by atoms with van der Waals surface area (Å²) >= 11 is 1.11. The van der Waals surface area contributed by atoms with Crippen LogP contribution in [0.15, 0.2) is 85.4 Å². The predicted octanol–water partition coefficient (Wildman–Crippen LogP) is 8.14. The summed E-state index contributed by atoms with van der Waals surface area (Å²) in [5, 5.41) is 11.7. The third-order valence-electron chi connectivity index (χ3n) is 6.31. The summed E-state index contributed by atoms with van der Waals surface area (Å²) in [7, 11) is 0. The van der Waals surface area contributed by atoms with Gasteiger partial charge in [0.2, 0.25) is 0 Å². The van der Waals surface area contributed by atoms with E-state index >= 15 is 0 Å². The number of pyridine rings is 1. The van der Waals surface area contributed by atoms with E-state index in [1.54, 1.807) is 18.3 Å². The topological polar surface area (TPSA) is 82.3 Å². The molecule has 0 amide bonds. The Labute approximate surface area is 224 Å². The number of unbranched alkanes of at least 4 members (excludes halogenated alkanes) is 1. The number of hydrogen-bond acceptors (Lipinski definition) is 5. The maximum atomic E-state index is 13.7. The van der Waals surface area contributed by atoms with E-state index in [2.05, 4.69) is 45.6 Å². The Balaban J connectivity index is 1.51. The number of benzene rings is 1. The van der Waals surface area contributed by atoms with E-state index in [9.17, 15) is 4.39 Å². The van der Waals surface area contributed by atoms with Crippen molar-refractivity contribution >= 4 is 38.8 Å². The average Bonchev–Trinajstić information content (AvgIpc) is 3.66. The molecule has 0 unspecified atom stereocenters. The van der Waals surface area contributed by atoms with E-state index in [4.69, 9.17) is 4.98 Å². The van der Waals surface area contributed by atoms with Gasteiger partial charge in [-0.2, -0.15) is 9.49 Å². The molecule has 3 N–H and O–H groups in total. The number of hydrogen-bond donors (Lipinski definition) is 3. The molecular weight excluding hydrogens is 495 g/mol. The third kappa shape index (κ3) is 5.08. The SMILES string of the molecule is C=C/C(=C\C(=C/C)c1cc2c(-c3nc4c(-c5ccc(F)s5)cccc4[nH]3)n[nH]c2cn1)NC(=C)CCCC. The van der Waals surface area contributed by atoms with Gasteiger partial charge in [-0.15, -0.1) is 11.3 Å². The number of H-pyrrole nitrogens is 2. The van der Waals surface area contributed by atoms with E-state index in [0.29, 0.717) is 11.5 Å². The smallest absolute Gasteiger partial charge is 0.176 e. The van der Waals surface area contributed by atoms with Crippen molar-refractivity contribution in [2.24, 2.45) is 0 Å². The van der Waals surface area contributed by atoms with Crippen LogP contribution < -0.4 is 5.32 Å². The predicted molar refractivity (Wildman–Crippen MR) is 156 cm³/mol. The summed E-state index contributed by atoms with van der Waals surface area (Å²) < 4.78 is 13.7. The van der Waals surface area contributed by atoms with Crippen molar-refractivity contribution in [1.29, 1.82) is 0 Å². The highest BCUT2D eigenvalue weighted by Gasteiger charge is 2.17. The molecule has 0 saturated heterocycles. The summed E-state index contributed by atoms with van der Waals surface area (Å²) in [5.41, 5.74) is 7.58. The fourth-order valence-corrected chi connectivity index (χ4v) is 5.09. The van der Waals surface area contributed by atoms with Gasteiger partial charge in [0, 0.05) is 27.2 Å². The fourth-order valence-electron chi connectivity index (χ4n) is 4.33. The molecule has 0 spiro atoms. The minimum Gasteiger partial charge on any atom is -0.359 e. The van der Waals surface area contributed by atoms with Crippen LogP contribution >= 0.6 is 11.3 Å². The van der Waals surface area contributed by atoms with Gasteiger partial charge >= 0.3 is 0 Å². The highest BCUT2D eigenvalue weighted by atomic mass is 32.1. The van der Waals surface area contributed by atoms with Crippen molar-refractivity contribution in [3.05, 3.63) is 96.2 Å². The number of halogens is 1. The molecule has 0 aliphatic heterocycles. The first kappa shape index (κ1) is 25.4. The normalized spacial score (nSPS) is 12.4. The van der Waals surface area contributed by atoms with Crippen LogP contribution in [0.1, 0.15) is 38.8 Å². The number of nitrogens with zero attached hydrogens (tertiary/aromatic N) is 3. The molecule has 5 aromatic rings. The van der Waals surface area contributed by atoms with Crippen LogP contribution in [0.4, 0.5) is 4.39 Å². The molecule has 8 heteroatoms. The number of fused-ring (bicyclic) bond motifs is 2. The Morgan fingerprint density at radius 3 is 2.82 bits per heavy atom. The molecule has 0 aliphatic carbocycles. The molecule has 1 aromatic carbocycles. The summed E-state index contributed by atoms with van der Waals surface area (Å²) in [6.45, 7) is 12.2. The quantitative estimate of drug-likeness (QED) is 0.161. The van der Waals surface area contributed by atoms with E-state index in [1.165, 1.54) is 6.07 Å². The molecule has 0 saturated carbocycles. The van der Waals surface area contributed by atoms with E-state index in [1.807, 2.05) is 43.3 Å². The summed E-state index contributed by atoms with van der Waals surface area (Å²) in [5.74, 6) is 0.631. The first-order chi connectivity index (χ1) is 18.5. The lowest BCUT2D eigenvalue weighted by Crippen LogP contribution is -2.10. The lowest BCUT2D eigenvalue weighted by molar-refractivity contribution is 0.657. The monoisotopic (exact) mass is 524 g/mol. The van der Waals surface area contributed by atoms with Crippen molar-refractivity contribution in [2.75, 3.05) is 0 Å². The zero-order valence-electron chi connectivity index (χ0n) is 21.4. The number of aromatic amines is 2. The highest BCUT2D eigenvalue weighted by Crippen LogP contribution is 2.34. The number of aromatic nitrogens is 5. The number of para-hydroxylation sites is 1. The van der Waals surface area contributed by atoms with Crippen LogP contribution in [0.25, 0.3) is 49.5 Å². The third-order valence-corrected chi connectivity index (χ3v) is 7.22. The van der Waals surface area contributed by atoms with Crippen LogP contribution in [-0.4, -0.2) is 25.1 Å². The Hall–Kier alpha value is -4.30. The number of imidazole rings is 1. The standard InChI is InChI=1S/C30H29FN6S/c1-5-8-10-18(4)33-20(7-3)15-19(6-2)24-16-22-25(17-32-24)36-37-29(22)30-34-23-12-9-11-21(28(23)35-30)26-13-14-27(31)38-26/h6-7,9,11-17,33H,3-5,8,10H2,1-2H3,(H,34,35)(H,36,37)/b19-6+,20-15+. The average molecular weight is 525 g/mol. The zero-order valence-corrected chi connectivity index (χ0v) is 22.3. The van der Waals surface area contributed by atoms with Crippen LogP contribution in [0, 0.1) is 5.13 Å². The van der Waals surface area contributed by atoms with Crippen LogP contribution in [0.5, 0.6) is 0 Å². The van der Waals surface area contributed by atoms with Gasteiger partial charge in [0.25, 0.3) is 0 Å². The largest absolute Gasteiger partial charge is 0.359 e. The molecule has 0 bridgehead atoms. The van der Waals surface area contributed by atoms with Gasteiger partial charge in [0.05, 0.1) is 28.4 Å². The summed E-state index contributed by atoms with van der Waals surface area (Å²) in [6, 6.07) is 11.1. The number of thiophene rings is 1. The van der Waals surface area contributed by atoms with Crippen molar-refractivity contribution < 1.29 is 4.39 Å². The Morgan fingerprint density at radius 1 is 1.21 bits per heavy atom. The Bertz CT molecular complexity index is 1700. The van der Waals surface area contributed by atoms with Gasteiger partial charge in [0.1, 0.15) is 5.69 Å². The zero-order chi connectivity index (χ0) is 26.6. The van der Waals surface area contributed by atoms with Gasteiger partial charge in [-0.05, 0) is 61.8 Å². The van der Waals surface area contributed by atoms with Crippen LogP contribution in [0.3, 0.4) is 0 Å². The Morgan fingerprint density at radius 2 is 2.08 bits per heavy atom. The van der Waals surface area contributed by atoms with E-state index < -0.39 is 0 Å². The van der Waals surface area contributed by atoms with Crippen molar-refractivity contribution in [3.8, 4) is 22.0 Å². The van der Waals surface area contributed by atoms with E-state index in [-0.39, 0.29) is 5.13 Å². The molecule has 0 fully saturated rings. The minimum absolute atomic E-state index is 0.222. The van der Waals surface area contributed by atoms with Crippen molar-refractivity contribution in [2.45, 2.75) is 33.1 Å². The summed E-state index contributed by atoms with van der Waals surface area (Å²) in [6.07, 6.45) is 10.7. The van der Waals surface area contributed by atoms with Gasteiger partial charge < -0.3 is 10.3 Å². The van der Waals surface area contributed by atoms with Gasteiger partial charge in [-0.25, -0.2) is 4.98 Å². The highest BCUT2D eigenvalue weighted by molar-refractivity contribution is 7.14. The molecule has 38 heavy (non-hydrogen) atoms. The lowest BCUT2D eigenvalue weighted by atomic mass is 10.1. The second kappa shape index (κ2) is 11.0. The molecule has 0 atom stereocenters. The van der Waals surface area contributed by atoms with Crippen molar-refractivity contribution in [3.63, 3.8) is 0 Å². The molecule has 192 valence electrons. The molecule has 4 aromatic heterocycles. The summed E-state index contributed by atoms with van der Waals surface area (Å²) in [4.78, 5) is 13.8. The molecule has 0 radical (unpaired) electrons. The van der Waals surface area contributed by atoms with Crippen molar-refractivity contribution in [1.82, 2.24) is 30.5 Å². The maximum absolute atomic E-state index is 13.7. The number of nitrogens with one attached hydrogen (secondary N) is 3.